The van der Waals surface area contributed by atoms with Crippen molar-refractivity contribution in [1.29, 1.82) is 0 Å². The SMILES string of the molecule is CC(C)CCC[C@@H](C)CCOc1cc(-c2cc(-c3ccccn3)nc(-c3ccccn3)c2)cc(OCC[C@H](C)CCCC(C)C)c1OCC[C@H](C)CCCC(C)C. The molecule has 0 N–H and O–H groups in total. The highest BCUT2D eigenvalue weighted by atomic mass is 16.5. The Kier molecular flexibility index (Phi) is 19.9. The van der Waals surface area contributed by atoms with Gasteiger partial charge in [0.1, 0.15) is 0 Å². The molecule has 57 heavy (non-hydrogen) atoms. The molecule has 312 valence electrons. The molecule has 3 atom stereocenters. The molecule has 3 heterocycles. The van der Waals surface area contributed by atoms with Crippen LogP contribution in [0.3, 0.4) is 0 Å². The highest BCUT2D eigenvalue weighted by Gasteiger charge is 2.20. The van der Waals surface area contributed by atoms with Crippen LogP contribution in [0.25, 0.3) is 33.9 Å². The smallest absolute Gasteiger partial charge is 0.203 e. The quantitative estimate of drug-likeness (QED) is 0.0601. The van der Waals surface area contributed by atoms with Crippen LogP contribution in [0.1, 0.15) is 139 Å². The molecule has 0 aliphatic heterocycles. The van der Waals surface area contributed by atoms with Gasteiger partial charge in [-0.15, -0.1) is 0 Å². The molecule has 4 aromatic rings. The van der Waals surface area contributed by atoms with Crippen molar-refractivity contribution in [2.45, 2.75) is 139 Å². The first-order valence-corrected chi connectivity index (χ1v) is 22.4. The van der Waals surface area contributed by atoms with Crippen molar-refractivity contribution >= 4 is 0 Å². The molecular formula is C51H75N3O3. The Balaban J connectivity index is 1.71. The van der Waals surface area contributed by atoms with Gasteiger partial charge in [0, 0.05) is 12.4 Å². The fourth-order valence-corrected chi connectivity index (χ4v) is 7.25. The van der Waals surface area contributed by atoms with E-state index in [1.54, 1.807) is 0 Å². The Morgan fingerprint density at radius 1 is 0.421 bits per heavy atom. The maximum Gasteiger partial charge on any atom is 0.203 e. The largest absolute Gasteiger partial charge is 0.490 e. The van der Waals surface area contributed by atoms with Crippen molar-refractivity contribution in [3.05, 3.63) is 73.1 Å². The molecular weight excluding hydrogens is 703 g/mol. The molecule has 6 heteroatoms. The standard InChI is InChI=1S/C51H75N3O3/c1-37(2)17-14-20-40(7)25-30-55-49-35-44(43-33-47(45-23-10-12-28-52-45)54-48(34-43)46-24-11-13-29-53-46)36-50(56-31-26-41(8)21-15-18-38(3)4)51(49)57-32-27-42(9)22-16-19-39(5)6/h10-13,23-24,28-29,33-42H,14-22,25-27,30-32H2,1-9H3/t40-,41-,42-/m1/s1. The van der Waals surface area contributed by atoms with Crippen molar-refractivity contribution in [2.75, 3.05) is 19.8 Å². The van der Waals surface area contributed by atoms with Gasteiger partial charge in [-0.2, -0.15) is 0 Å². The first-order valence-electron chi connectivity index (χ1n) is 22.4. The zero-order chi connectivity index (χ0) is 41.0. The van der Waals surface area contributed by atoms with Crippen molar-refractivity contribution in [2.24, 2.45) is 35.5 Å². The fourth-order valence-electron chi connectivity index (χ4n) is 7.25. The van der Waals surface area contributed by atoms with Crippen LogP contribution in [0.15, 0.2) is 73.1 Å². The molecule has 0 spiro atoms. The second-order valence-electron chi connectivity index (χ2n) is 18.1. The highest BCUT2D eigenvalue weighted by Crippen LogP contribution is 2.43. The van der Waals surface area contributed by atoms with E-state index in [-0.39, 0.29) is 0 Å². The van der Waals surface area contributed by atoms with Crippen LogP contribution in [0.4, 0.5) is 0 Å². The summed E-state index contributed by atoms with van der Waals surface area (Å²) >= 11 is 0. The summed E-state index contributed by atoms with van der Waals surface area (Å²) in [7, 11) is 0. The summed E-state index contributed by atoms with van der Waals surface area (Å²) < 4.78 is 20.3. The number of hydrogen-bond acceptors (Lipinski definition) is 6. The molecule has 4 rings (SSSR count). The normalized spacial score (nSPS) is 13.3. The summed E-state index contributed by atoms with van der Waals surface area (Å²) in [6, 6.07) is 20.4. The number of nitrogens with zero attached hydrogens (tertiary/aromatic N) is 3. The topological polar surface area (TPSA) is 66.4 Å². The van der Waals surface area contributed by atoms with E-state index in [1.165, 1.54) is 57.8 Å². The third-order valence-electron chi connectivity index (χ3n) is 11.1. The molecule has 0 aliphatic carbocycles. The number of ether oxygens (including phenoxy) is 3. The van der Waals surface area contributed by atoms with E-state index in [0.29, 0.717) is 37.6 Å². The average Bonchev–Trinajstić information content (AvgIpc) is 3.18. The van der Waals surface area contributed by atoms with Gasteiger partial charge >= 0.3 is 0 Å². The van der Waals surface area contributed by atoms with E-state index in [0.717, 1.165) is 88.2 Å². The maximum absolute atomic E-state index is 6.77. The summed E-state index contributed by atoms with van der Waals surface area (Å²) in [6.45, 7) is 22.8. The molecule has 0 saturated heterocycles. The zero-order valence-corrected chi connectivity index (χ0v) is 37.1. The van der Waals surface area contributed by atoms with Crippen LogP contribution in [-0.2, 0) is 0 Å². The molecule has 0 aliphatic rings. The van der Waals surface area contributed by atoms with E-state index in [9.17, 15) is 0 Å². The molecule has 1 aromatic carbocycles. The Morgan fingerprint density at radius 2 is 0.807 bits per heavy atom. The lowest BCUT2D eigenvalue weighted by Gasteiger charge is -2.21. The van der Waals surface area contributed by atoms with Crippen molar-refractivity contribution < 1.29 is 14.2 Å². The number of rotatable bonds is 27. The van der Waals surface area contributed by atoms with Crippen LogP contribution < -0.4 is 14.2 Å². The first-order chi connectivity index (χ1) is 27.5. The van der Waals surface area contributed by atoms with Gasteiger partial charge in [0.2, 0.25) is 5.75 Å². The van der Waals surface area contributed by atoms with E-state index in [2.05, 4.69) is 96.5 Å². The molecule has 0 bridgehead atoms. The zero-order valence-electron chi connectivity index (χ0n) is 37.1. The Labute approximate surface area is 347 Å². The van der Waals surface area contributed by atoms with Gasteiger partial charge < -0.3 is 14.2 Å². The highest BCUT2D eigenvalue weighted by molar-refractivity contribution is 5.77. The first kappa shape index (κ1) is 45.8. The van der Waals surface area contributed by atoms with Gasteiger partial charge in [0.15, 0.2) is 11.5 Å². The number of pyridine rings is 3. The van der Waals surface area contributed by atoms with Gasteiger partial charge in [-0.3, -0.25) is 9.97 Å². The summed E-state index contributed by atoms with van der Waals surface area (Å²) in [5.41, 5.74) is 5.18. The van der Waals surface area contributed by atoms with Gasteiger partial charge in [0.05, 0.1) is 42.6 Å². The molecule has 0 amide bonds. The van der Waals surface area contributed by atoms with Crippen molar-refractivity contribution in [3.63, 3.8) is 0 Å². The van der Waals surface area contributed by atoms with Crippen LogP contribution in [0.5, 0.6) is 17.2 Å². The molecule has 0 saturated carbocycles. The van der Waals surface area contributed by atoms with E-state index in [4.69, 9.17) is 19.2 Å². The maximum atomic E-state index is 6.77. The predicted molar refractivity (Wildman–Crippen MR) is 240 cm³/mol. The second-order valence-corrected chi connectivity index (χ2v) is 18.1. The molecule has 6 nitrogen and oxygen atoms in total. The minimum atomic E-state index is 0.581. The lowest BCUT2D eigenvalue weighted by atomic mass is 9.97. The summed E-state index contributed by atoms with van der Waals surface area (Å²) in [5.74, 6) is 6.16. The molecule has 0 radical (unpaired) electrons. The Morgan fingerprint density at radius 3 is 1.18 bits per heavy atom. The predicted octanol–water partition coefficient (Wildman–Crippen LogP) is 14.6. The van der Waals surface area contributed by atoms with Gasteiger partial charge in [-0.25, -0.2) is 4.98 Å². The van der Waals surface area contributed by atoms with Crippen LogP contribution in [0, 0.1) is 35.5 Å². The minimum Gasteiger partial charge on any atom is -0.490 e. The third kappa shape index (κ3) is 16.8. The second kappa shape index (κ2) is 24.8. The number of aromatic nitrogens is 3. The van der Waals surface area contributed by atoms with Crippen LogP contribution in [-0.4, -0.2) is 34.8 Å². The summed E-state index contributed by atoms with van der Waals surface area (Å²) in [5, 5.41) is 0. The average molecular weight is 778 g/mol. The lowest BCUT2D eigenvalue weighted by molar-refractivity contribution is 0.216. The van der Waals surface area contributed by atoms with E-state index < -0.39 is 0 Å². The molecule has 3 aromatic heterocycles. The van der Waals surface area contributed by atoms with Crippen LogP contribution >= 0.6 is 0 Å². The monoisotopic (exact) mass is 778 g/mol. The van der Waals surface area contributed by atoms with Gasteiger partial charge in [0.25, 0.3) is 0 Å². The molecule has 0 unspecified atom stereocenters. The minimum absolute atomic E-state index is 0.581. The van der Waals surface area contributed by atoms with E-state index in [1.807, 2.05) is 48.8 Å². The Bertz CT molecular complexity index is 1590. The third-order valence-corrected chi connectivity index (χ3v) is 11.1. The van der Waals surface area contributed by atoms with Crippen molar-refractivity contribution in [3.8, 4) is 51.2 Å². The number of hydrogen-bond donors (Lipinski definition) is 0. The molecule has 0 fully saturated rings. The summed E-state index contributed by atoms with van der Waals surface area (Å²) in [6.07, 6.45) is 17.8. The van der Waals surface area contributed by atoms with Gasteiger partial charge in [-0.05, 0) is 114 Å². The Hall–Kier alpha value is -3.93. The van der Waals surface area contributed by atoms with Crippen LogP contribution in [0.2, 0.25) is 0 Å². The fraction of sp³-hybridized carbons (Fsp3) is 0.588. The lowest BCUT2D eigenvalue weighted by Crippen LogP contribution is -2.11. The van der Waals surface area contributed by atoms with E-state index >= 15 is 0 Å². The van der Waals surface area contributed by atoms with Crippen molar-refractivity contribution in [1.82, 2.24) is 15.0 Å². The summed E-state index contributed by atoms with van der Waals surface area (Å²) in [4.78, 5) is 14.4. The van der Waals surface area contributed by atoms with Gasteiger partial charge in [-0.1, -0.05) is 132 Å². The number of benzene rings is 1.